The van der Waals surface area contributed by atoms with Crippen LogP contribution in [0.3, 0.4) is 0 Å². The van der Waals surface area contributed by atoms with Gasteiger partial charge >= 0.3 is 206 Å². The fourth-order valence-electron chi connectivity index (χ4n) is 4.12. The molecule has 0 spiro atoms. The zero-order valence-electron chi connectivity index (χ0n) is 19.6. The van der Waals surface area contributed by atoms with Crippen LogP contribution in [0, 0.1) is 0 Å². The molecule has 2 aromatic carbocycles. The van der Waals surface area contributed by atoms with Crippen LogP contribution in [-0.2, 0) is 23.4 Å². The summed E-state index contributed by atoms with van der Waals surface area (Å²) in [5.74, 6) is 0.000511. The van der Waals surface area contributed by atoms with Gasteiger partial charge < -0.3 is 0 Å². The van der Waals surface area contributed by atoms with Gasteiger partial charge in [-0.2, -0.15) is 0 Å². The van der Waals surface area contributed by atoms with Gasteiger partial charge in [-0.3, -0.25) is 0 Å². The summed E-state index contributed by atoms with van der Waals surface area (Å²) in [5, 5.41) is 3.09. The third kappa shape index (κ3) is 5.21. The number of rotatable bonds is 10. The number of hydrogen-bond donors (Lipinski definition) is 1. The summed E-state index contributed by atoms with van der Waals surface area (Å²) >= 11 is 1.63. The molecule has 0 radical (unpaired) electrons. The Morgan fingerprint density at radius 1 is 1.06 bits per heavy atom. The zero-order chi connectivity index (χ0) is 24.1. The van der Waals surface area contributed by atoms with Crippen molar-refractivity contribution in [3.05, 3.63) is 83.1 Å². The van der Waals surface area contributed by atoms with Crippen molar-refractivity contribution in [2.24, 2.45) is 0 Å². The number of nitrogens with zero attached hydrogens (tertiary/aromatic N) is 1. The van der Waals surface area contributed by atoms with Crippen molar-refractivity contribution in [3.8, 4) is 0 Å². The van der Waals surface area contributed by atoms with Crippen LogP contribution in [0.2, 0.25) is 0 Å². The first-order valence-electron chi connectivity index (χ1n) is 11.5. The fraction of sp³-hybridized carbons (Fsp3) is 0.360. The second-order valence-corrected chi connectivity index (χ2v) is 10.8. The molecule has 1 saturated heterocycles. The molecule has 2 aliphatic heterocycles. The normalized spacial score (nSPS) is 20.2. The van der Waals surface area contributed by atoms with Crippen LogP contribution >= 0.6 is 20.3 Å². The van der Waals surface area contributed by atoms with Gasteiger partial charge in [-0.05, 0) is 0 Å². The molecule has 0 bridgehead atoms. The molecule has 9 heteroatoms. The molecule has 2 aromatic rings. The van der Waals surface area contributed by atoms with Crippen LogP contribution in [0.25, 0.3) is 0 Å². The van der Waals surface area contributed by atoms with E-state index in [1.807, 2.05) is 81.4 Å². The molecule has 1 amide bonds. The first-order valence-corrected chi connectivity index (χ1v) is 14.1. The minimum atomic E-state index is -2.17. The predicted octanol–water partition coefficient (Wildman–Crippen LogP) is 4.23. The second kappa shape index (κ2) is 11.5. The Balaban J connectivity index is 1.54. The number of amides is 1. The molecule has 7 nitrogen and oxygen atoms in total. The van der Waals surface area contributed by atoms with Crippen molar-refractivity contribution in [3.63, 3.8) is 0 Å². The van der Waals surface area contributed by atoms with Crippen molar-refractivity contribution in [2.45, 2.75) is 38.3 Å². The summed E-state index contributed by atoms with van der Waals surface area (Å²) in [6.45, 7) is 6.72. The average Bonchev–Trinajstić information content (AvgIpc) is 2.86. The molecule has 1 N–H and O–H groups in total. The molecule has 2 atom stereocenters. The number of thioether (sulfide) groups is 1. The fourth-order valence-corrected chi connectivity index (χ4v) is 7.08. The van der Waals surface area contributed by atoms with Gasteiger partial charge in [-0.25, -0.2) is 0 Å². The quantitative estimate of drug-likeness (QED) is 0.296. The maximum atomic E-state index is 13.5. The van der Waals surface area contributed by atoms with Crippen molar-refractivity contribution in [2.75, 3.05) is 19.0 Å². The summed E-state index contributed by atoms with van der Waals surface area (Å²) in [7, 11) is -2.17. The van der Waals surface area contributed by atoms with Crippen LogP contribution < -0.4 is 5.09 Å². The Bertz CT molecular complexity index is 991. The number of esters is 1. The van der Waals surface area contributed by atoms with Gasteiger partial charge in [0.05, 0.1) is 0 Å². The van der Waals surface area contributed by atoms with Gasteiger partial charge in [-0.1, -0.05) is 0 Å². The molecule has 0 aromatic heterocycles. The third-order valence-electron chi connectivity index (χ3n) is 5.73. The van der Waals surface area contributed by atoms with E-state index in [0.29, 0.717) is 24.7 Å². The van der Waals surface area contributed by atoms with E-state index in [2.05, 4.69) is 5.09 Å². The number of hydrogen-bond acceptors (Lipinski definition) is 7. The predicted molar refractivity (Wildman–Crippen MR) is 136 cm³/mol. The molecule has 1 fully saturated rings. The molecular weight excluding hydrogens is 471 g/mol. The molecule has 0 aliphatic carbocycles. The summed E-state index contributed by atoms with van der Waals surface area (Å²) in [5.41, 5.74) is 2.92. The van der Waals surface area contributed by atoms with Crippen molar-refractivity contribution in [1.82, 2.24) is 9.99 Å². The van der Waals surface area contributed by atoms with Gasteiger partial charge in [0, 0.05) is 0 Å². The van der Waals surface area contributed by atoms with Gasteiger partial charge in [0.2, 0.25) is 0 Å². The van der Waals surface area contributed by atoms with E-state index < -0.39 is 26.6 Å². The van der Waals surface area contributed by atoms with Crippen LogP contribution in [0.1, 0.15) is 38.0 Å². The van der Waals surface area contributed by atoms with Crippen molar-refractivity contribution in [1.29, 1.82) is 0 Å². The van der Waals surface area contributed by atoms with E-state index in [9.17, 15) is 9.59 Å². The van der Waals surface area contributed by atoms with E-state index in [4.69, 9.17) is 13.8 Å². The minimum absolute atomic E-state index is 0.156. The Labute approximate surface area is 205 Å². The molecular formula is C25H31N2O5PS. The summed E-state index contributed by atoms with van der Waals surface area (Å²) in [6, 6.07) is 18.8. The first-order chi connectivity index (χ1) is 16.5. The van der Waals surface area contributed by atoms with Crippen LogP contribution in [-0.4, -0.2) is 47.2 Å². The average molecular weight is 503 g/mol. The Kier molecular flexibility index (Phi) is 8.40. The topological polar surface area (TPSA) is 77.1 Å². The summed E-state index contributed by atoms with van der Waals surface area (Å²) in [6.07, 6.45) is -0.568. The van der Waals surface area contributed by atoms with Gasteiger partial charge in [0.1, 0.15) is 0 Å². The van der Waals surface area contributed by atoms with Crippen molar-refractivity contribution >= 4 is 32.2 Å². The van der Waals surface area contributed by atoms with E-state index in [-0.39, 0.29) is 11.3 Å². The van der Waals surface area contributed by atoms with Gasteiger partial charge in [0.15, 0.2) is 0 Å². The van der Waals surface area contributed by atoms with Gasteiger partial charge in [0.25, 0.3) is 0 Å². The first kappa shape index (κ1) is 24.9. The number of carbonyl (C=O) groups is 2. The van der Waals surface area contributed by atoms with Gasteiger partial charge in [-0.15, -0.1) is 0 Å². The van der Waals surface area contributed by atoms with E-state index in [0.717, 1.165) is 16.7 Å². The molecule has 182 valence electrons. The standard InChI is InChI=1S/C25H31N2O5PS/c1-4-30-33(31-5-2)26-20-23(28)27-21(17(3)16-34-24(20)27)25(29)32-22(18-12-8-6-9-13-18)19-14-10-7-11-15-19/h6-15,20,22,24,26H,4-5,16,33H2,1-3H3. The van der Waals surface area contributed by atoms with Crippen LogP contribution in [0.15, 0.2) is 71.9 Å². The molecule has 0 saturated carbocycles. The van der Waals surface area contributed by atoms with Crippen LogP contribution in [0.4, 0.5) is 0 Å². The zero-order valence-corrected chi connectivity index (χ0v) is 21.6. The number of benzene rings is 2. The van der Waals surface area contributed by atoms with Crippen LogP contribution in [0.5, 0.6) is 0 Å². The van der Waals surface area contributed by atoms with Crippen molar-refractivity contribution < 1.29 is 23.4 Å². The number of nitrogens with one attached hydrogen (secondary N) is 1. The Morgan fingerprint density at radius 2 is 1.62 bits per heavy atom. The number of carbonyl (C=O) groups excluding carboxylic acids is 2. The SMILES string of the molecule is CCO[PH2](NC1C(=O)N2C(C(=O)OC(c3ccccc3)c3ccccc3)=C(C)CSC12)OCC. The molecule has 2 unspecified atom stereocenters. The molecule has 34 heavy (non-hydrogen) atoms. The third-order valence-corrected chi connectivity index (χ3v) is 9.06. The van der Waals surface area contributed by atoms with E-state index in [1.54, 1.807) is 16.7 Å². The van der Waals surface area contributed by atoms with E-state index in [1.165, 1.54) is 0 Å². The number of fused-ring (bicyclic) bond motifs is 1. The Morgan fingerprint density at radius 3 is 2.15 bits per heavy atom. The maximum absolute atomic E-state index is 13.5. The van der Waals surface area contributed by atoms with E-state index >= 15 is 0 Å². The monoisotopic (exact) mass is 502 g/mol. The number of β-lactam (4-membered cyclic amide) rings is 1. The molecule has 4 rings (SSSR count). The second-order valence-electron chi connectivity index (χ2n) is 8.03. The number of ether oxygens (including phenoxy) is 1. The molecule has 2 heterocycles. The Hall–Kier alpha value is -2.22. The summed E-state index contributed by atoms with van der Waals surface area (Å²) in [4.78, 5) is 28.2. The summed E-state index contributed by atoms with van der Waals surface area (Å²) < 4.78 is 17.4. The molecule has 2 aliphatic rings.